The van der Waals surface area contributed by atoms with Gasteiger partial charge in [0.1, 0.15) is 0 Å². The van der Waals surface area contributed by atoms with Gasteiger partial charge in [-0.2, -0.15) is 0 Å². The number of fused-ring (bicyclic) bond motifs is 3. The van der Waals surface area contributed by atoms with Crippen LogP contribution < -0.4 is 4.90 Å². The monoisotopic (exact) mass is 360 g/mol. The number of aromatic nitrogens is 1. The highest BCUT2D eigenvalue weighted by molar-refractivity contribution is 6.08. The quantitative estimate of drug-likeness (QED) is 0.542. The summed E-state index contributed by atoms with van der Waals surface area (Å²) in [6.07, 6.45) is 11.2. The van der Waals surface area contributed by atoms with Crippen molar-refractivity contribution in [3.8, 4) is 0 Å². The molecule has 2 aliphatic rings. The predicted octanol–water partition coefficient (Wildman–Crippen LogP) is 6.38. The molecule has 3 heterocycles. The molecule has 1 aliphatic carbocycles. The third-order valence-electron chi connectivity index (χ3n) is 6.77. The number of benzene rings is 1. The Morgan fingerprint density at radius 3 is 2.67 bits per heavy atom. The second-order valence-electron chi connectivity index (χ2n) is 8.33. The van der Waals surface area contributed by atoms with Gasteiger partial charge < -0.3 is 9.32 Å². The van der Waals surface area contributed by atoms with Crippen LogP contribution in [0.2, 0.25) is 0 Å². The first-order valence-corrected chi connectivity index (χ1v) is 10.5. The van der Waals surface area contributed by atoms with Gasteiger partial charge >= 0.3 is 0 Å². The van der Waals surface area contributed by atoms with Crippen molar-refractivity contribution in [3.63, 3.8) is 0 Å². The van der Waals surface area contributed by atoms with E-state index in [0.717, 1.165) is 34.7 Å². The molecule has 1 fully saturated rings. The van der Waals surface area contributed by atoms with Gasteiger partial charge in [0.25, 0.3) is 0 Å². The molecule has 0 amide bonds. The molecule has 27 heavy (non-hydrogen) atoms. The van der Waals surface area contributed by atoms with Crippen LogP contribution in [0.25, 0.3) is 22.1 Å². The molecule has 0 bridgehead atoms. The molecular formula is C24H28N2O. The number of rotatable bonds is 3. The number of aryl methyl sites for hydroxylation is 2. The molecule has 140 valence electrons. The lowest BCUT2D eigenvalue weighted by molar-refractivity contribution is 0.370. The van der Waals surface area contributed by atoms with Crippen LogP contribution in [-0.4, -0.2) is 11.0 Å². The van der Waals surface area contributed by atoms with Gasteiger partial charge in [0.2, 0.25) is 5.71 Å². The Morgan fingerprint density at radius 2 is 1.89 bits per heavy atom. The lowest BCUT2D eigenvalue weighted by Gasteiger charge is -2.30. The van der Waals surface area contributed by atoms with Gasteiger partial charge in [-0.1, -0.05) is 38.0 Å². The minimum atomic E-state index is 0.477. The zero-order valence-electron chi connectivity index (χ0n) is 16.5. The molecule has 1 saturated carbocycles. The van der Waals surface area contributed by atoms with Crippen LogP contribution >= 0.6 is 0 Å². The van der Waals surface area contributed by atoms with Crippen LogP contribution in [-0.2, 0) is 6.42 Å². The molecule has 3 aromatic rings. The van der Waals surface area contributed by atoms with Crippen molar-refractivity contribution in [2.45, 2.75) is 58.9 Å². The molecule has 0 saturated heterocycles. The second-order valence-corrected chi connectivity index (χ2v) is 8.33. The fraction of sp³-hybridized carbons (Fsp3) is 0.458. The molecule has 0 N–H and O–H groups in total. The Balaban J connectivity index is 1.62. The minimum Gasteiger partial charge on any atom is -0.435 e. The van der Waals surface area contributed by atoms with E-state index in [4.69, 9.17) is 9.40 Å². The van der Waals surface area contributed by atoms with Gasteiger partial charge in [-0.05, 0) is 56.7 Å². The average molecular weight is 361 g/mol. The maximum atomic E-state index is 6.34. The summed E-state index contributed by atoms with van der Waals surface area (Å²) in [6, 6.07) is 9.17. The van der Waals surface area contributed by atoms with E-state index in [9.17, 15) is 0 Å². The molecule has 2 aromatic heterocycles. The fourth-order valence-electron chi connectivity index (χ4n) is 5.21. The van der Waals surface area contributed by atoms with Crippen molar-refractivity contribution in [2.24, 2.45) is 11.8 Å². The van der Waals surface area contributed by atoms with Gasteiger partial charge in [0.05, 0.1) is 5.69 Å². The largest absolute Gasteiger partial charge is 0.435 e. The normalized spacial score (nSPS) is 23.3. The average Bonchev–Trinajstić information content (AvgIpc) is 3.39. The lowest BCUT2D eigenvalue weighted by Crippen LogP contribution is -2.32. The van der Waals surface area contributed by atoms with Crippen LogP contribution in [0.5, 0.6) is 0 Å². The summed E-state index contributed by atoms with van der Waals surface area (Å²) in [6.45, 7) is 6.69. The van der Waals surface area contributed by atoms with E-state index in [2.05, 4.69) is 62.2 Å². The molecule has 1 aromatic carbocycles. The third kappa shape index (κ3) is 2.59. The van der Waals surface area contributed by atoms with E-state index in [1.807, 2.05) is 0 Å². The highest BCUT2D eigenvalue weighted by Gasteiger charge is 2.35. The number of hydrogen-bond donors (Lipinski definition) is 0. The maximum Gasteiger partial charge on any atom is 0.227 e. The zero-order chi connectivity index (χ0) is 18.5. The molecule has 1 aliphatic heterocycles. The first-order chi connectivity index (χ1) is 13.2. The molecule has 5 rings (SSSR count). The minimum absolute atomic E-state index is 0.477. The molecule has 0 spiro atoms. The fourth-order valence-corrected chi connectivity index (χ4v) is 5.21. The van der Waals surface area contributed by atoms with Crippen molar-refractivity contribution in [1.29, 1.82) is 0 Å². The second kappa shape index (κ2) is 6.40. The Morgan fingerprint density at radius 1 is 1.11 bits per heavy atom. The Kier molecular flexibility index (Phi) is 3.99. The van der Waals surface area contributed by atoms with Crippen LogP contribution in [0, 0.1) is 18.8 Å². The van der Waals surface area contributed by atoms with Crippen LogP contribution in [0.1, 0.15) is 50.8 Å². The molecule has 0 radical (unpaired) electrons. The number of furan rings is 1. The van der Waals surface area contributed by atoms with E-state index in [1.54, 1.807) is 0 Å². The summed E-state index contributed by atoms with van der Waals surface area (Å²) in [7, 11) is 0. The van der Waals surface area contributed by atoms with Crippen molar-refractivity contribution in [2.75, 3.05) is 4.90 Å². The van der Waals surface area contributed by atoms with Crippen LogP contribution in [0.15, 0.2) is 41.0 Å². The van der Waals surface area contributed by atoms with Gasteiger partial charge in [-0.25, -0.2) is 4.98 Å². The summed E-state index contributed by atoms with van der Waals surface area (Å²) in [5.74, 6) is 1.49. The maximum absolute atomic E-state index is 6.34. The van der Waals surface area contributed by atoms with Crippen molar-refractivity contribution < 1.29 is 4.42 Å². The van der Waals surface area contributed by atoms with E-state index >= 15 is 0 Å². The number of pyridine rings is 1. The van der Waals surface area contributed by atoms with Gasteiger partial charge in [0.15, 0.2) is 5.58 Å². The standard InChI is InChI=1S/C24H28N2O/c1-4-18-10-12-21-20-11-9-15(2)22(23(20)27-24(21)25-18)26-14-13-19(16(26)3)17-7-5-6-8-17/h9-14,16-17,19H,4-8H2,1-3H3/t16-,19?/m0/s1. The number of nitrogens with zero attached hydrogens (tertiary/aromatic N) is 2. The third-order valence-corrected chi connectivity index (χ3v) is 6.77. The Bertz CT molecular complexity index is 1030. The highest BCUT2D eigenvalue weighted by Crippen LogP contribution is 2.43. The summed E-state index contributed by atoms with van der Waals surface area (Å²) >= 11 is 0. The Hall–Kier alpha value is -2.29. The summed E-state index contributed by atoms with van der Waals surface area (Å²) in [4.78, 5) is 7.17. The van der Waals surface area contributed by atoms with E-state index in [0.29, 0.717) is 12.0 Å². The van der Waals surface area contributed by atoms with E-state index in [1.165, 1.54) is 42.3 Å². The van der Waals surface area contributed by atoms with E-state index in [-0.39, 0.29) is 0 Å². The van der Waals surface area contributed by atoms with Crippen molar-refractivity contribution >= 4 is 27.8 Å². The van der Waals surface area contributed by atoms with Gasteiger partial charge in [-0.3, -0.25) is 0 Å². The summed E-state index contributed by atoms with van der Waals surface area (Å²) in [5, 5.41) is 2.29. The molecule has 1 unspecified atom stereocenters. The van der Waals surface area contributed by atoms with E-state index < -0.39 is 0 Å². The van der Waals surface area contributed by atoms with Crippen LogP contribution in [0.3, 0.4) is 0 Å². The van der Waals surface area contributed by atoms with Crippen molar-refractivity contribution in [1.82, 2.24) is 4.98 Å². The summed E-state index contributed by atoms with van der Waals surface area (Å²) in [5.41, 5.74) is 5.30. The van der Waals surface area contributed by atoms with Gasteiger partial charge in [0, 0.05) is 34.6 Å². The molecule has 2 atom stereocenters. The number of anilines is 1. The topological polar surface area (TPSA) is 29.3 Å². The first-order valence-electron chi connectivity index (χ1n) is 10.5. The first kappa shape index (κ1) is 16.9. The number of hydrogen-bond acceptors (Lipinski definition) is 3. The molecule has 3 nitrogen and oxygen atoms in total. The predicted molar refractivity (Wildman–Crippen MR) is 112 cm³/mol. The lowest BCUT2D eigenvalue weighted by atomic mass is 9.86. The SMILES string of the molecule is CCc1ccc2c(n1)oc1c(N3C=CC(C4CCCC4)[C@@H]3C)c(C)ccc12. The molecular weight excluding hydrogens is 332 g/mol. The smallest absolute Gasteiger partial charge is 0.227 e. The van der Waals surface area contributed by atoms with Crippen LogP contribution in [0.4, 0.5) is 5.69 Å². The summed E-state index contributed by atoms with van der Waals surface area (Å²) < 4.78 is 6.34. The van der Waals surface area contributed by atoms with Gasteiger partial charge in [-0.15, -0.1) is 0 Å². The zero-order valence-corrected chi connectivity index (χ0v) is 16.5. The highest BCUT2D eigenvalue weighted by atomic mass is 16.3. The Labute approximate surface area is 161 Å². The molecule has 3 heteroatoms. The van der Waals surface area contributed by atoms with Crippen molar-refractivity contribution in [3.05, 3.63) is 47.8 Å².